The molecule has 2 rings (SSSR count). The highest BCUT2D eigenvalue weighted by Gasteiger charge is 2.65. The summed E-state index contributed by atoms with van der Waals surface area (Å²) in [7, 11) is -10.2. The number of carbonyl (C=O) groups is 2. The van der Waals surface area contributed by atoms with Crippen LogP contribution in [-0.4, -0.2) is 62.2 Å². The largest absolute Gasteiger partial charge is 0.511 e. The highest BCUT2D eigenvalue weighted by Crippen LogP contribution is 3.02. The van der Waals surface area contributed by atoms with Gasteiger partial charge in [0.1, 0.15) is 23.9 Å². The van der Waals surface area contributed by atoms with E-state index in [0.29, 0.717) is 0 Å². The molecule has 20 heteroatoms. The second-order valence-corrected chi connectivity index (χ2v) is 9.58. The first-order valence-electron chi connectivity index (χ1n) is 9.90. The van der Waals surface area contributed by atoms with Gasteiger partial charge in [-0.1, -0.05) is 19.4 Å². The van der Waals surface area contributed by atoms with Crippen LogP contribution in [-0.2, 0) is 28.6 Å². The van der Waals surface area contributed by atoms with Gasteiger partial charge in [0, 0.05) is 12.5 Å². The van der Waals surface area contributed by atoms with Gasteiger partial charge in [-0.15, -0.1) is 10.1 Å². The van der Waals surface area contributed by atoms with Gasteiger partial charge in [-0.05, 0) is 24.3 Å². The van der Waals surface area contributed by atoms with Gasteiger partial charge in [0.15, 0.2) is 0 Å². The molecule has 0 bridgehead atoms. The Bertz CT molecular complexity index is 1110. The number of rotatable bonds is 11. The van der Waals surface area contributed by atoms with Crippen molar-refractivity contribution >= 4 is 28.4 Å². The molecule has 2 atom stereocenters. The minimum absolute atomic E-state index is 0.155. The van der Waals surface area contributed by atoms with Crippen LogP contribution in [0.25, 0.3) is 6.08 Å². The Morgan fingerprint density at radius 1 is 1.08 bits per heavy atom. The summed E-state index contributed by atoms with van der Waals surface area (Å²) < 4.78 is 129. The van der Waals surface area contributed by atoms with Gasteiger partial charge in [-0.25, -0.2) is 9.59 Å². The zero-order valence-electron chi connectivity index (χ0n) is 18.8. The van der Waals surface area contributed by atoms with Crippen molar-refractivity contribution in [2.24, 2.45) is 0 Å². The molecule has 0 saturated heterocycles. The number of hydrogen-bond donors (Lipinski definition) is 0. The third-order valence-corrected chi connectivity index (χ3v) is 5.35. The lowest BCUT2D eigenvalue weighted by Crippen LogP contribution is -2.41. The second kappa shape index (κ2) is 10.3. The molecule has 11 nitrogen and oxygen atoms in total. The predicted molar refractivity (Wildman–Crippen MR) is 108 cm³/mol. The van der Waals surface area contributed by atoms with Gasteiger partial charge in [0.2, 0.25) is 12.4 Å². The maximum Gasteiger partial charge on any atom is 0.511 e. The van der Waals surface area contributed by atoms with E-state index < -0.39 is 81.0 Å². The number of alkyl halides is 3. The van der Waals surface area contributed by atoms with E-state index in [-0.39, 0.29) is 37.5 Å². The fourth-order valence-electron chi connectivity index (χ4n) is 2.70. The normalized spacial score (nSPS) is 17.9. The SMILES string of the molecule is CC(OC(=O)OCCOCCO[N+](=O)[O-])OC(=O)C1=Cc2cc(S(F)(F)(F)(F)F)ccc2O[C@@H]1C(F)(F)F. The molecule has 1 aromatic carbocycles. The van der Waals surface area contributed by atoms with E-state index in [1.165, 1.54) is 0 Å². The number of carbonyl (C=O) groups excluding carboxylic acids is 2. The minimum atomic E-state index is -10.2. The van der Waals surface area contributed by atoms with E-state index >= 15 is 0 Å². The van der Waals surface area contributed by atoms with Crippen molar-refractivity contribution in [2.45, 2.75) is 30.4 Å². The molecule has 0 N–H and O–H groups in total. The molecule has 1 unspecified atom stereocenters. The van der Waals surface area contributed by atoms with Gasteiger partial charge in [-0.2, -0.15) is 13.2 Å². The Balaban J connectivity index is 2.06. The summed E-state index contributed by atoms with van der Waals surface area (Å²) in [5.74, 6) is -2.72. The number of esters is 1. The zero-order chi connectivity index (χ0) is 29.0. The number of benzene rings is 1. The van der Waals surface area contributed by atoms with Crippen molar-refractivity contribution in [3.63, 3.8) is 0 Å². The summed E-state index contributed by atoms with van der Waals surface area (Å²) in [6.07, 6.45) is -11.5. The van der Waals surface area contributed by atoms with Crippen LogP contribution in [0.4, 0.5) is 37.4 Å². The molecule has 0 radical (unpaired) electrons. The summed E-state index contributed by atoms with van der Waals surface area (Å²) in [5, 5.41) is 8.86. The minimum Gasteiger partial charge on any atom is -0.475 e. The molecule has 0 spiro atoms. The monoisotopic (exact) mass is 591 g/mol. The molecule has 216 valence electrons. The van der Waals surface area contributed by atoms with E-state index in [4.69, 9.17) is 4.74 Å². The maximum atomic E-state index is 13.4. The maximum absolute atomic E-state index is 13.4. The van der Waals surface area contributed by atoms with Crippen LogP contribution in [0.3, 0.4) is 0 Å². The molecule has 0 aliphatic carbocycles. The first-order valence-corrected chi connectivity index (χ1v) is 11.8. The number of hydrogen-bond acceptors (Lipinski definition) is 10. The van der Waals surface area contributed by atoms with Crippen LogP contribution in [0.15, 0.2) is 28.7 Å². The first kappa shape index (κ1) is 30.7. The third-order valence-electron chi connectivity index (χ3n) is 4.21. The summed E-state index contributed by atoms with van der Waals surface area (Å²) in [6, 6.07) is -0.0850. The van der Waals surface area contributed by atoms with E-state index in [2.05, 4.69) is 23.8 Å². The standard InChI is InChI=1S/C18H17F8NO10S/c1-10(36-17(29)33-6-4-32-5-7-34-27(30)31)35-16(28)13-9-11-8-12(38(22,23,24,25)26)2-3-14(11)37-15(13)18(19,20)21/h2-3,8-10,15H,4-7H2,1H3/t10?,15-/m0/s1. The smallest absolute Gasteiger partial charge is 0.475 e. The fourth-order valence-corrected chi connectivity index (χ4v) is 3.37. The Morgan fingerprint density at radius 2 is 1.71 bits per heavy atom. The van der Waals surface area contributed by atoms with Crippen LogP contribution in [0, 0.1) is 10.1 Å². The first-order chi connectivity index (χ1) is 17.2. The van der Waals surface area contributed by atoms with Crippen molar-refractivity contribution < 1.29 is 75.8 Å². The lowest BCUT2D eigenvalue weighted by atomic mass is 10.0. The lowest BCUT2D eigenvalue weighted by molar-refractivity contribution is -0.758. The molecule has 0 saturated carbocycles. The van der Waals surface area contributed by atoms with E-state index in [9.17, 15) is 52.3 Å². The molecular weight excluding hydrogens is 574 g/mol. The predicted octanol–water partition coefficient (Wildman–Crippen LogP) is 5.32. The van der Waals surface area contributed by atoms with Crippen LogP contribution in [0.1, 0.15) is 12.5 Å². The van der Waals surface area contributed by atoms with Gasteiger partial charge < -0.3 is 28.5 Å². The molecule has 0 aromatic heterocycles. The molecule has 38 heavy (non-hydrogen) atoms. The van der Waals surface area contributed by atoms with Crippen molar-refractivity contribution in [3.8, 4) is 5.75 Å². The van der Waals surface area contributed by atoms with Crippen molar-refractivity contribution in [2.75, 3.05) is 26.4 Å². The van der Waals surface area contributed by atoms with Gasteiger partial charge in [-0.3, -0.25) is 0 Å². The molecule has 1 heterocycles. The van der Waals surface area contributed by atoms with Crippen molar-refractivity contribution in [1.29, 1.82) is 0 Å². The Morgan fingerprint density at radius 3 is 2.29 bits per heavy atom. The van der Waals surface area contributed by atoms with E-state index in [1.807, 2.05) is 0 Å². The summed E-state index contributed by atoms with van der Waals surface area (Å²) in [4.78, 5) is 35.3. The second-order valence-electron chi connectivity index (χ2n) is 7.17. The molecule has 0 fully saturated rings. The molecule has 0 amide bonds. The Labute approximate surface area is 207 Å². The number of halogens is 8. The highest BCUT2D eigenvalue weighted by molar-refractivity contribution is 8.45. The van der Waals surface area contributed by atoms with Crippen molar-refractivity contribution in [3.05, 3.63) is 39.4 Å². The average Bonchev–Trinajstić information content (AvgIpc) is 2.74. The molecule has 1 aliphatic heterocycles. The van der Waals surface area contributed by atoms with Crippen LogP contribution in [0.2, 0.25) is 0 Å². The molecular formula is C18H17F8NO10S. The Hall–Kier alpha value is -3.55. The quantitative estimate of drug-likeness (QED) is 0.0832. The highest BCUT2D eigenvalue weighted by atomic mass is 32.5. The topological polar surface area (TPSA) is 133 Å². The third kappa shape index (κ3) is 9.08. The van der Waals surface area contributed by atoms with E-state index in [1.54, 1.807) is 0 Å². The van der Waals surface area contributed by atoms with Crippen LogP contribution >= 0.6 is 10.2 Å². The molecule has 1 aliphatic rings. The van der Waals surface area contributed by atoms with Gasteiger partial charge in [0.25, 0.3) is 5.09 Å². The fraction of sp³-hybridized carbons (Fsp3) is 0.444. The summed E-state index contributed by atoms with van der Waals surface area (Å²) >= 11 is 0. The lowest BCUT2D eigenvalue weighted by Gasteiger charge is -2.41. The number of nitrogens with zero attached hydrogens (tertiary/aromatic N) is 1. The van der Waals surface area contributed by atoms with Crippen LogP contribution in [0.5, 0.6) is 5.75 Å². The van der Waals surface area contributed by atoms with Crippen LogP contribution < -0.4 is 4.74 Å². The van der Waals surface area contributed by atoms with Crippen molar-refractivity contribution in [1.82, 2.24) is 0 Å². The van der Waals surface area contributed by atoms with Gasteiger partial charge in [0.05, 0.1) is 18.8 Å². The number of ether oxygens (including phenoxy) is 5. The molecule has 1 aromatic rings. The number of fused-ring (bicyclic) bond motifs is 1. The Kier molecular flexibility index (Phi) is 8.32. The summed E-state index contributed by atoms with van der Waals surface area (Å²) in [5.41, 5.74) is -2.33. The zero-order valence-corrected chi connectivity index (χ0v) is 19.6. The van der Waals surface area contributed by atoms with Gasteiger partial charge >= 0.3 is 28.5 Å². The average molecular weight is 591 g/mol. The van der Waals surface area contributed by atoms with E-state index in [0.717, 1.165) is 6.92 Å². The summed E-state index contributed by atoms with van der Waals surface area (Å²) in [6.45, 7) is -0.509.